The van der Waals surface area contributed by atoms with E-state index in [0.29, 0.717) is 10.6 Å². The van der Waals surface area contributed by atoms with Crippen LogP contribution in [0.3, 0.4) is 0 Å². The molecular weight excluding hydrogens is 263 g/mol. The van der Waals surface area contributed by atoms with Crippen LogP contribution in [0.15, 0.2) is 29.3 Å². The molecule has 0 radical (unpaired) electrons. The summed E-state index contributed by atoms with van der Waals surface area (Å²) >= 11 is 11.8. The second kappa shape index (κ2) is 6.64. The van der Waals surface area contributed by atoms with Gasteiger partial charge in [0.15, 0.2) is 0 Å². The van der Waals surface area contributed by atoms with Gasteiger partial charge in [-0.25, -0.2) is 0 Å². The first-order valence-electron chi connectivity index (χ1n) is 4.91. The number of rotatable bonds is 4. The standard InChI is InChI=1S/C12H12Cl2O3/c1-17-12(16)7-11(15)10(14)6-8-4-2-3-5-9(8)13/h2-6,11,15H,7H2,1H3/b10-6-/t11-/m1/s1. The van der Waals surface area contributed by atoms with Crippen LogP contribution in [-0.4, -0.2) is 24.3 Å². The van der Waals surface area contributed by atoms with E-state index in [4.69, 9.17) is 23.2 Å². The molecule has 0 aliphatic carbocycles. The van der Waals surface area contributed by atoms with Gasteiger partial charge in [0.25, 0.3) is 0 Å². The van der Waals surface area contributed by atoms with Crippen molar-refractivity contribution in [2.75, 3.05) is 7.11 Å². The number of carbonyl (C=O) groups is 1. The highest BCUT2D eigenvalue weighted by Gasteiger charge is 2.14. The lowest BCUT2D eigenvalue weighted by Gasteiger charge is -2.08. The van der Waals surface area contributed by atoms with Crippen molar-refractivity contribution in [2.45, 2.75) is 12.5 Å². The SMILES string of the molecule is COC(=O)C[C@@H](O)/C(Cl)=C/c1ccccc1Cl. The molecule has 0 saturated carbocycles. The average Bonchev–Trinajstić information content (AvgIpc) is 2.31. The van der Waals surface area contributed by atoms with Gasteiger partial charge in [0.05, 0.1) is 19.6 Å². The highest BCUT2D eigenvalue weighted by molar-refractivity contribution is 6.34. The van der Waals surface area contributed by atoms with E-state index < -0.39 is 12.1 Å². The molecular formula is C12H12Cl2O3. The number of halogens is 2. The van der Waals surface area contributed by atoms with Crippen molar-refractivity contribution < 1.29 is 14.6 Å². The normalized spacial score (nSPS) is 13.3. The van der Waals surface area contributed by atoms with Gasteiger partial charge in [0.2, 0.25) is 0 Å². The summed E-state index contributed by atoms with van der Waals surface area (Å²) in [6, 6.07) is 7.06. The number of aliphatic hydroxyl groups is 1. The van der Waals surface area contributed by atoms with Crippen LogP contribution in [0.25, 0.3) is 6.08 Å². The Bertz CT molecular complexity index is 430. The zero-order valence-corrected chi connectivity index (χ0v) is 10.7. The van der Waals surface area contributed by atoms with Gasteiger partial charge < -0.3 is 9.84 Å². The Hall–Kier alpha value is -1.03. The van der Waals surface area contributed by atoms with Gasteiger partial charge in [-0.05, 0) is 17.7 Å². The maximum absolute atomic E-state index is 11.0. The quantitative estimate of drug-likeness (QED) is 0.859. The molecule has 0 saturated heterocycles. The summed E-state index contributed by atoms with van der Waals surface area (Å²) in [4.78, 5) is 11.0. The first-order valence-corrected chi connectivity index (χ1v) is 5.66. The fraction of sp³-hybridized carbons (Fsp3) is 0.250. The summed E-state index contributed by atoms with van der Waals surface area (Å²) in [5, 5.41) is 10.3. The van der Waals surface area contributed by atoms with Crippen LogP contribution in [-0.2, 0) is 9.53 Å². The van der Waals surface area contributed by atoms with Crippen LogP contribution in [0.5, 0.6) is 0 Å². The number of esters is 1. The van der Waals surface area contributed by atoms with Gasteiger partial charge >= 0.3 is 5.97 Å². The minimum Gasteiger partial charge on any atom is -0.469 e. The molecule has 92 valence electrons. The Kier molecular flexibility index (Phi) is 5.48. The third-order valence-corrected chi connectivity index (χ3v) is 2.81. The van der Waals surface area contributed by atoms with Crippen molar-refractivity contribution in [1.82, 2.24) is 0 Å². The van der Waals surface area contributed by atoms with Crippen LogP contribution < -0.4 is 0 Å². The van der Waals surface area contributed by atoms with Crippen molar-refractivity contribution in [1.29, 1.82) is 0 Å². The Morgan fingerprint density at radius 3 is 2.76 bits per heavy atom. The molecule has 1 rings (SSSR count). The lowest BCUT2D eigenvalue weighted by atomic mass is 10.1. The molecule has 0 amide bonds. The largest absolute Gasteiger partial charge is 0.469 e. The zero-order valence-electron chi connectivity index (χ0n) is 9.19. The Balaban J connectivity index is 2.78. The van der Waals surface area contributed by atoms with Crippen molar-refractivity contribution >= 4 is 35.2 Å². The average molecular weight is 275 g/mol. The topological polar surface area (TPSA) is 46.5 Å². The molecule has 0 unspecified atom stereocenters. The maximum Gasteiger partial charge on any atom is 0.308 e. The van der Waals surface area contributed by atoms with Crippen molar-refractivity contribution in [3.8, 4) is 0 Å². The third-order valence-electron chi connectivity index (χ3n) is 2.10. The Morgan fingerprint density at radius 2 is 2.18 bits per heavy atom. The van der Waals surface area contributed by atoms with Crippen LogP contribution in [0.1, 0.15) is 12.0 Å². The van der Waals surface area contributed by atoms with E-state index in [9.17, 15) is 9.90 Å². The molecule has 0 aliphatic rings. The number of aliphatic hydroxyl groups excluding tert-OH is 1. The Morgan fingerprint density at radius 1 is 1.53 bits per heavy atom. The van der Waals surface area contributed by atoms with E-state index in [-0.39, 0.29) is 11.5 Å². The molecule has 0 fully saturated rings. The monoisotopic (exact) mass is 274 g/mol. The molecule has 1 N–H and O–H groups in total. The smallest absolute Gasteiger partial charge is 0.308 e. The van der Waals surface area contributed by atoms with Gasteiger partial charge in [-0.2, -0.15) is 0 Å². The summed E-state index contributed by atoms with van der Waals surface area (Å²) in [5.74, 6) is -0.525. The van der Waals surface area contributed by atoms with Gasteiger partial charge in [-0.1, -0.05) is 41.4 Å². The Labute approximate surface area is 110 Å². The number of hydrogen-bond donors (Lipinski definition) is 1. The van der Waals surface area contributed by atoms with Crippen LogP contribution in [0, 0.1) is 0 Å². The second-order valence-electron chi connectivity index (χ2n) is 3.35. The number of carbonyl (C=O) groups excluding carboxylic acids is 1. The first kappa shape index (κ1) is 14.0. The van der Waals surface area contributed by atoms with Gasteiger partial charge in [-0.15, -0.1) is 0 Å². The summed E-state index contributed by atoms with van der Waals surface area (Å²) in [6.45, 7) is 0. The number of hydrogen-bond acceptors (Lipinski definition) is 3. The highest BCUT2D eigenvalue weighted by atomic mass is 35.5. The van der Waals surface area contributed by atoms with Crippen LogP contribution in [0.2, 0.25) is 5.02 Å². The van der Waals surface area contributed by atoms with Gasteiger partial charge in [-0.3, -0.25) is 4.79 Å². The van der Waals surface area contributed by atoms with E-state index >= 15 is 0 Å². The molecule has 3 nitrogen and oxygen atoms in total. The molecule has 0 heterocycles. The summed E-state index contributed by atoms with van der Waals surface area (Å²) in [6.07, 6.45) is 0.258. The number of ether oxygens (including phenoxy) is 1. The van der Waals surface area contributed by atoms with Crippen molar-refractivity contribution in [3.05, 3.63) is 39.9 Å². The van der Waals surface area contributed by atoms with E-state index in [1.54, 1.807) is 24.3 Å². The molecule has 17 heavy (non-hydrogen) atoms. The minimum absolute atomic E-state index is 0.142. The fourth-order valence-electron chi connectivity index (χ4n) is 1.18. The van der Waals surface area contributed by atoms with E-state index in [1.807, 2.05) is 0 Å². The van der Waals surface area contributed by atoms with E-state index in [0.717, 1.165) is 0 Å². The first-order chi connectivity index (χ1) is 8.04. The predicted molar refractivity (Wildman–Crippen MR) is 67.9 cm³/mol. The fourth-order valence-corrected chi connectivity index (χ4v) is 1.56. The minimum atomic E-state index is -1.08. The molecule has 0 spiro atoms. The van der Waals surface area contributed by atoms with E-state index in [1.165, 1.54) is 13.2 Å². The van der Waals surface area contributed by atoms with Crippen molar-refractivity contribution in [2.24, 2.45) is 0 Å². The molecule has 1 aromatic carbocycles. The molecule has 5 heteroatoms. The molecule has 0 bridgehead atoms. The lowest BCUT2D eigenvalue weighted by Crippen LogP contribution is -2.14. The van der Waals surface area contributed by atoms with Gasteiger partial charge in [0.1, 0.15) is 0 Å². The lowest BCUT2D eigenvalue weighted by molar-refractivity contribution is -0.142. The predicted octanol–water partition coefficient (Wildman–Crippen LogP) is 2.84. The molecule has 0 aliphatic heterocycles. The van der Waals surface area contributed by atoms with E-state index in [2.05, 4.69) is 4.74 Å². The second-order valence-corrected chi connectivity index (χ2v) is 4.19. The van der Waals surface area contributed by atoms with Crippen LogP contribution >= 0.6 is 23.2 Å². The summed E-state index contributed by atoms with van der Waals surface area (Å²) in [5.41, 5.74) is 0.683. The van der Waals surface area contributed by atoms with Gasteiger partial charge in [0, 0.05) is 10.1 Å². The molecule has 1 aromatic rings. The summed E-state index contributed by atoms with van der Waals surface area (Å²) < 4.78 is 4.43. The summed E-state index contributed by atoms with van der Waals surface area (Å²) in [7, 11) is 1.25. The third kappa shape index (κ3) is 4.38. The molecule has 0 aromatic heterocycles. The zero-order chi connectivity index (χ0) is 12.8. The highest BCUT2D eigenvalue weighted by Crippen LogP contribution is 2.22. The van der Waals surface area contributed by atoms with Crippen molar-refractivity contribution in [3.63, 3.8) is 0 Å². The number of benzene rings is 1. The van der Waals surface area contributed by atoms with Crippen LogP contribution in [0.4, 0.5) is 0 Å². The molecule has 1 atom stereocenters. The maximum atomic E-state index is 11.0. The number of methoxy groups -OCH3 is 1.